The van der Waals surface area contributed by atoms with Gasteiger partial charge in [0.05, 0.1) is 7.11 Å². The monoisotopic (exact) mass is 285 g/mol. The Bertz CT molecular complexity index is 611. The fraction of sp³-hybridized carbons (Fsp3) is 0.250. The Morgan fingerprint density at radius 3 is 2.57 bits per heavy atom. The summed E-state index contributed by atoms with van der Waals surface area (Å²) >= 11 is 0. The third kappa shape index (κ3) is 3.72. The third-order valence-electron chi connectivity index (χ3n) is 3.22. The van der Waals surface area contributed by atoms with Crippen molar-refractivity contribution in [3.05, 3.63) is 53.9 Å². The van der Waals surface area contributed by atoms with Crippen molar-refractivity contribution in [2.45, 2.75) is 13.0 Å². The van der Waals surface area contributed by atoms with E-state index in [0.29, 0.717) is 5.69 Å². The molecule has 0 radical (unpaired) electrons. The molecule has 5 nitrogen and oxygen atoms in total. The van der Waals surface area contributed by atoms with E-state index in [2.05, 4.69) is 22.5 Å². The molecule has 5 heteroatoms. The van der Waals surface area contributed by atoms with Crippen LogP contribution >= 0.6 is 0 Å². The molecule has 1 amide bonds. The molecule has 2 rings (SSSR count). The van der Waals surface area contributed by atoms with Gasteiger partial charge in [0.15, 0.2) is 0 Å². The minimum absolute atomic E-state index is 0.107. The lowest BCUT2D eigenvalue weighted by atomic mass is 10.1. The molecule has 1 aromatic carbocycles. The second-order valence-corrected chi connectivity index (χ2v) is 4.65. The highest BCUT2D eigenvalue weighted by Gasteiger charge is 2.09. The van der Waals surface area contributed by atoms with Gasteiger partial charge in [-0.1, -0.05) is 12.1 Å². The Balaban J connectivity index is 2.11. The number of carbonyl (C=O) groups is 1. The number of nitrogens with zero attached hydrogens (tertiary/aromatic N) is 1. The average molecular weight is 285 g/mol. The van der Waals surface area contributed by atoms with Gasteiger partial charge in [0.25, 0.3) is 5.91 Å². The molecular weight excluding hydrogens is 266 g/mol. The van der Waals surface area contributed by atoms with Gasteiger partial charge in [0.1, 0.15) is 11.4 Å². The first kappa shape index (κ1) is 14.8. The zero-order chi connectivity index (χ0) is 15.2. The van der Waals surface area contributed by atoms with Crippen molar-refractivity contribution in [3.8, 4) is 5.75 Å². The molecule has 1 aromatic heterocycles. The summed E-state index contributed by atoms with van der Waals surface area (Å²) in [6, 6.07) is 11.6. The second-order valence-electron chi connectivity index (χ2n) is 4.65. The van der Waals surface area contributed by atoms with E-state index in [1.165, 1.54) is 0 Å². The number of nitrogens with one attached hydrogen (secondary N) is 2. The molecule has 0 fully saturated rings. The van der Waals surface area contributed by atoms with E-state index >= 15 is 0 Å². The molecule has 1 atom stereocenters. The second kappa shape index (κ2) is 6.74. The number of benzene rings is 1. The fourth-order valence-corrected chi connectivity index (χ4v) is 2.00. The van der Waals surface area contributed by atoms with Gasteiger partial charge in [-0.15, -0.1) is 0 Å². The zero-order valence-electron chi connectivity index (χ0n) is 12.4. The number of ether oxygens (including phenoxy) is 1. The van der Waals surface area contributed by atoms with Crippen LogP contribution in [-0.4, -0.2) is 25.0 Å². The third-order valence-corrected chi connectivity index (χ3v) is 3.22. The highest BCUT2D eigenvalue weighted by atomic mass is 16.5. The minimum atomic E-state index is -0.198. The largest absolute Gasteiger partial charge is 0.497 e. The van der Waals surface area contributed by atoms with Crippen molar-refractivity contribution in [2.75, 3.05) is 19.5 Å². The van der Waals surface area contributed by atoms with Crippen LogP contribution in [0.3, 0.4) is 0 Å². The van der Waals surface area contributed by atoms with Crippen molar-refractivity contribution < 1.29 is 9.53 Å². The van der Waals surface area contributed by atoms with Gasteiger partial charge in [-0.2, -0.15) is 0 Å². The molecule has 0 aliphatic heterocycles. The average Bonchev–Trinajstić information content (AvgIpc) is 2.54. The van der Waals surface area contributed by atoms with Gasteiger partial charge in [-0.25, -0.2) is 0 Å². The van der Waals surface area contributed by atoms with Crippen LogP contribution in [0.4, 0.5) is 5.69 Å². The molecule has 0 bridgehead atoms. The summed E-state index contributed by atoms with van der Waals surface area (Å²) in [5.74, 6) is 0.632. The minimum Gasteiger partial charge on any atom is -0.497 e. The van der Waals surface area contributed by atoms with Gasteiger partial charge >= 0.3 is 0 Å². The van der Waals surface area contributed by atoms with Crippen molar-refractivity contribution in [3.63, 3.8) is 0 Å². The Hall–Kier alpha value is -2.56. The smallest absolute Gasteiger partial charge is 0.269 e. The van der Waals surface area contributed by atoms with E-state index in [0.717, 1.165) is 17.0 Å². The standard InChI is InChI=1S/C16H19N3O2/c1-11(12-4-6-14(21-3)7-5-12)19-13-8-9-18-15(10-13)16(20)17-2/h4-11H,1-3H3,(H,17,20)(H,18,19). The number of anilines is 1. The highest BCUT2D eigenvalue weighted by molar-refractivity contribution is 5.92. The molecule has 21 heavy (non-hydrogen) atoms. The summed E-state index contributed by atoms with van der Waals surface area (Å²) in [6.45, 7) is 2.06. The Kier molecular flexibility index (Phi) is 4.77. The van der Waals surface area contributed by atoms with Gasteiger partial charge < -0.3 is 15.4 Å². The van der Waals surface area contributed by atoms with E-state index in [-0.39, 0.29) is 11.9 Å². The first-order chi connectivity index (χ1) is 10.1. The summed E-state index contributed by atoms with van der Waals surface area (Å²) in [5, 5.41) is 5.92. The molecule has 0 saturated carbocycles. The number of methoxy groups -OCH3 is 1. The number of pyridine rings is 1. The van der Waals surface area contributed by atoms with Crippen molar-refractivity contribution in [2.24, 2.45) is 0 Å². The summed E-state index contributed by atoms with van der Waals surface area (Å²) in [6.07, 6.45) is 1.62. The maximum Gasteiger partial charge on any atom is 0.269 e. The number of rotatable bonds is 5. The van der Waals surface area contributed by atoms with Gasteiger partial charge in [-0.3, -0.25) is 9.78 Å². The summed E-state index contributed by atoms with van der Waals surface area (Å²) in [4.78, 5) is 15.6. The van der Waals surface area contributed by atoms with Crippen LogP contribution in [0.1, 0.15) is 29.0 Å². The molecule has 0 saturated heterocycles. The normalized spacial score (nSPS) is 11.6. The lowest BCUT2D eigenvalue weighted by Gasteiger charge is -2.16. The maximum atomic E-state index is 11.6. The molecule has 0 spiro atoms. The first-order valence-corrected chi connectivity index (χ1v) is 6.72. The number of hydrogen-bond donors (Lipinski definition) is 2. The van der Waals surface area contributed by atoms with E-state index in [1.807, 2.05) is 30.3 Å². The first-order valence-electron chi connectivity index (χ1n) is 6.72. The van der Waals surface area contributed by atoms with Crippen LogP contribution in [0.5, 0.6) is 5.75 Å². The molecule has 0 aliphatic carbocycles. The van der Waals surface area contributed by atoms with Crippen LogP contribution in [0.2, 0.25) is 0 Å². The van der Waals surface area contributed by atoms with Crippen LogP contribution in [0.15, 0.2) is 42.6 Å². The maximum absolute atomic E-state index is 11.6. The van der Waals surface area contributed by atoms with Crippen molar-refractivity contribution in [1.29, 1.82) is 0 Å². The molecule has 1 heterocycles. The van der Waals surface area contributed by atoms with E-state index in [1.54, 1.807) is 26.4 Å². The quantitative estimate of drug-likeness (QED) is 0.886. The lowest BCUT2D eigenvalue weighted by Crippen LogP contribution is -2.19. The number of amides is 1. The van der Waals surface area contributed by atoms with Crippen LogP contribution in [-0.2, 0) is 0 Å². The predicted octanol–water partition coefficient (Wildman–Crippen LogP) is 2.62. The van der Waals surface area contributed by atoms with Gasteiger partial charge in [-0.05, 0) is 36.8 Å². The number of hydrogen-bond acceptors (Lipinski definition) is 4. The van der Waals surface area contributed by atoms with E-state index in [4.69, 9.17) is 4.74 Å². The summed E-state index contributed by atoms with van der Waals surface area (Å²) in [5.41, 5.74) is 2.38. The highest BCUT2D eigenvalue weighted by Crippen LogP contribution is 2.21. The zero-order valence-corrected chi connectivity index (χ0v) is 12.4. The molecule has 110 valence electrons. The fourth-order valence-electron chi connectivity index (χ4n) is 2.00. The van der Waals surface area contributed by atoms with E-state index in [9.17, 15) is 4.79 Å². The molecular formula is C16H19N3O2. The summed E-state index contributed by atoms with van der Waals surface area (Å²) < 4.78 is 5.15. The molecule has 1 unspecified atom stereocenters. The van der Waals surface area contributed by atoms with Crippen LogP contribution in [0, 0.1) is 0 Å². The van der Waals surface area contributed by atoms with Gasteiger partial charge in [0.2, 0.25) is 0 Å². The van der Waals surface area contributed by atoms with Crippen LogP contribution < -0.4 is 15.4 Å². The number of carbonyl (C=O) groups excluding carboxylic acids is 1. The van der Waals surface area contributed by atoms with Crippen molar-refractivity contribution in [1.82, 2.24) is 10.3 Å². The van der Waals surface area contributed by atoms with Crippen LogP contribution in [0.25, 0.3) is 0 Å². The molecule has 2 aromatic rings. The lowest BCUT2D eigenvalue weighted by molar-refractivity contribution is 0.0958. The van der Waals surface area contributed by atoms with Gasteiger partial charge in [0, 0.05) is 25.0 Å². The topological polar surface area (TPSA) is 63.2 Å². The Morgan fingerprint density at radius 2 is 1.95 bits per heavy atom. The molecule has 2 N–H and O–H groups in total. The van der Waals surface area contributed by atoms with E-state index < -0.39 is 0 Å². The number of aromatic nitrogens is 1. The Morgan fingerprint density at radius 1 is 1.24 bits per heavy atom. The van der Waals surface area contributed by atoms with Crippen molar-refractivity contribution >= 4 is 11.6 Å². The SMILES string of the molecule is CNC(=O)c1cc(NC(C)c2ccc(OC)cc2)ccn1. The Labute approximate surface area is 124 Å². The summed E-state index contributed by atoms with van der Waals surface area (Å²) in [7, 11) is 3.23. The predicted molar refractivity (Wildman–Crippen MR) is 82.7 cm³/mol. The molecule has 0 aliphatic rings.